The molecular formula is C22H23NO4. The van der Waals surface area contributed by atoms with Crippen molar-refractivity contribution in [1.82, 2.24) is 0 Å². The van der Waals surface area contributed by atoms with E-state index < -0.39 is 0 Å². The Morgan fingerprint density at radius 1 is 1.22 bits per heavy atom. The second kappa shape index (κ2) is 7.35. The first kappa shape index (κ1) is 17.5. The van der Waals surface area contributed by atoms with Crippen molar-refractivity contribution in [3.63, 3.8) is 0 Å². The highest BCUT2D eigenvalue weighted by Crippen LogP contribution is 2.33. The van der Waals surface area contributed by atoms with Crippen LogP contribution in [-0.2, 0) is 22.5 Å². The van der Waals surface area contributed by atoms with Gasteiger partial charge in [0.25, 0.3) is 0 Å². The molecule has 0 spiro atoms. The highest BCUT2D eigenvalue weighted by atomic mass is 16.5. The number of para-hydroxylation sites is 2. The fourth-order valence-electron chi connectivity index (χ4n) is 3.57. The summed E-state index contributed by atoms with van der Waals surface area (Å²) < 4.78 is 16.6. The van der Waals surface area contributed by atoms with Crippen molar-refractivity contribution in [1.29, 1.82) is 0 Å². The number of esters is 1. The van der Waals surface area contributed by atoms with Crippen molar-refractivity contribution in [2.75, 3.05) is 25.2 Å². The maximum absolute atomic E-state index is 11.6. The minimum Gasteiger partial charge on any atom is -0.490 e. The van der Waals surface area contributed by atoms with Gasteiger partial charge in [-0.15, -0.1) is 0 Å². The lowest BCUT2D eigenvalue weighted by atomic mass is 10.0. The Morgan fingerprint density at radius 2 is 2.07 bits per heavy atom. The zero-order valence-corrected chi connectivity index (χ0v) is 15.6. The molecule has 1 aliphatic heterocycles. The fraction of sp³-hybridized carbons (Fsp3) is 0.318. The summed E-state index contributed by atoms with van der Waals surface area (Å²) in [5.41, 5.74) is 3.06. The molecule has 1 unspecified atom stereocenters. The van der Waals surface area contributed by atoms with E-state index in [4.69, 9.17) is 13.9 Å². The number of fused-ring (bicyclic) bond motifs is 2. The van der Waals surface area contributed by atoms with Gasteiger partial charge in [0.05, 0.1) is 31.8 Å². The van der Waals surface area contributed by atoms with Crippen molar-refractivity contribution in [3.05, 3.63) is 59.9 Å². The van der Waals surface area contributed by atoms with Crippen LogP contribution in [0.5, 0.6) is 5.75 Å². The Kier molecular flexibility index (Phi) is 4.75. The minimum absolute atomic E-state index is 0.163. The number of carbonyl (C=O) groups excluding carboxylic acids is 1. The van der Waals surface area contributed by atoms with Crippen LogP contribution in [0.4, 0.5) is 5.69 Å². The summed E-state index contributed by atoms with van der Waals surface area (Å²) in [4.78, 5) is 13.9. The number of methoxy groups -OCH3 is 1. The predicted molar refractivity (Wildman–Crippen MR) is 104 cm³/mol. The summed E-state index contributed by atoms with van der Waals surface area (Å²) >= 11 is 0. The molecule has 4 rings (SSSR count). The first-order valence-corrected chi connectivity index (χ1v) is 9.20. The second-order valence-corrected chi connectivity index (χ2v) is 6.95. The maximum Gasteiger partial charge on any atom is 0.308 e. The number of hydrogen-bond acceptors (Lipinski definition) is 5. The van der Waals surface area contributed by atoms with Crippen LogP contribution in [0.2, 0.25) is 0 Å². The molecule has 0 fully saturated rings. The van der Waals surface area contributed by atoms with Gasteiger partial charge in [0.2, 0.25) is 0 Å². The number of hydrogen-bond donors (Lipinski definition) is 0. The van der Waals surface area contributed by atoms with E-state index in [0.717, 1.165) is 40.3 Å². The number of benzene rings is 2. The van der Waals surface area contributed by atoms with Gasteiger partial charge in [0.1, 0.15) is 23.7 Å². The Hall–Kier alpha value is -2.95. The van der Waals surface area contributed by atoms with Gasteiger partial charge in [-0.1, -0.05) is 25.1 Å². The van der Waals surface area contributed by atoms with Gasteiger partial charge < -0.3 is 18.8 Å². The monoisotopic (exact) mass is 365 g/mol. The van der Waals surface area contributed by atoms with E-state index in [-0.39, 0.29) is 11.9 Å². The standard InChI is InChI=1S/C22H23NO4/c1-15(22(24)25-2)11-16-7-8-20-17(12-16)13-18(27-20)14-23-9-10-26-21-6-4-3-5-19(21)23/h3-8,12-13,15H,9-11,14H2,1-2H3. The molecule has 0 bridgehead atoms. The van der Waals surface area contributed by atoms with Crippen molar-refractivity contribution < 1.29 is 18.7 Å². The molecule has 2 heterocycles. The third kappa shape index (κ3) is 3.63. The number of nitrogens with zero attached hydrogens (tertiary/aromatic N) is 1. The number of furan rings is 1. The third-order valence-electron chi connectivity index (χ3n) is 4.95. The third-order valence-corrected chi connectivity index (χ3v) is 4.95. The van der Waals surface area contributed by atoms with Crippen LogP contribution < -0.4 is 9.64 Å². The first-order valence-electron chi connectivity index (χ1n) is 9.20. The molecule has 1 aromatic heterocycles. The second-order valence-electron chi connectivity index (χ2n) is 6.95. The Morgan fingerprint density at radius 3 is 2.93 bits per heavy atom. The topological polar surface area (TPSA) is 51.9 Å². The number of ether oxygens (including phenoxy) is 2. The van der Waals surface area contributed by atoms with Crippen LogP contribution in [0.25, 0.3) is 11.0 Å². The predicted octanol–water partition coefficient (Wildman–Crippen LogP) is 4.18. The average molecular weight is 365 g/mol. The molecule has 3 aromatic rings. The molecule has 0 saturated heterocycles. The largest absolute Gasteiger partial charge is 0.490 e. The highest BCUT2D eigenvalue weighted by molar-refractivity contribution is 5.79. The summed E-state index contributed by atoms with van der Waals surface area (Å²) in [6.07, 6.45) is 0.653. The van der Waals surface area contributed by atoms with Crippen LogP contribution in [-0.4, -0.2) is 26.2 Å². The zero-order chi connectivity index (χ0) is 18.8. The van der Waals surface area contributed by atoms with Crippen molar-refractivity contribution >= 4 is 22.6 Å². The Balaban J connectivity index is 1.53. The van der Waals surface area contributed by atoms with Crippen LogP contribution in [0, 0.1) is 5.92 Å². The van der Waals surface area contributed by atoms with Crippen LogP contribution in [0.1, 0.15) is 18.2 Å². The van der Waals surface area contributed by atoms with Crippen LogP contribution >= 0.6 is 0 Å². The summed E-state index contributed by atoms with van der Waals surface area (Å²) in [6.45, 7) is 4.08. The van der Waals surface area contributed by atoms with E-state index in [0.29, 0.717) is 19.6 Å². The molecule has 27 heavy (non-hydrogen) atoms. The Labute approximate surface area is 158 Å². The lowest BCUT2D eigenvalue weighted by molar-refractivity contribution is -0.144. The molecule has 5 nitrogen and oxygen atoms in total. The fourth-order valence-corrected chi connectivity index (χ4v) is 3.57. The lowest BCUT2D eigenvalue weighted by Gasteiger charge is -2.30. The molecule has 0 N–H and O–H groups in total. The molecule has 0 aliphatic carbocycles. The minimum atomic E-state index is -0.186. The van der Waals surface area contributed by atoms with E-state index in [9.17, 15) is 4.79 Å². The number of rotatable bonds is 5. The van der Waals surface area contributed by atoms with Gasteiger partial charge >= 0.3 is 5.97 Å². The SMILES string of the molecule is COC(=O)C(C)Cc1ccc2oc(CN3CCOc4ccccc43)cc2c1. The van der Waals surface area contributed by atoms with E-state index in [1.165, 1.54) is 7.11 Å². The van der Waals surface area contributed by atoms with Gasteiger partial charge in [-0.2, -0.15) is 0 Å². The van der Waals surface area contributed by atoms with E-state index in [1.54, 1.807) is 0 Å². The van der Waals surface area contributed by atoms with E-state index in [2.05, 4.69) is 23.1 Å². The van der Waals surface area contributed by atoms with Gasteiger partial charge in [-0.05, 0) is 42.3 Å². The van der Waals surface area contributed by atoms with E-state index >= 15 is 0 Å². The van der Waals surface area contributed by atoms with Crippen molar-refractivity contribution in [2.45, 2.75) is 19.9 Å². The summed E-state index contributed by atoms with van der Waals surface area (Å²) in [6, 6.07) is 16.2. The number of anilines is 1. The molecule has 140 valence electrons. The van der Waals surface area contributed by atoms with E-state index in [1.807, 2.05) is 37.3 Å². The molecule has 0 amide bonds. The molecule has 1 aliphatic rings. The summed E-state index contributed by atoms with van der Waals surface area (Å²) in [7, 11) is 1.42. The van der Waals surface area contributed by atoms with Gasteiger partial charge in [-0.3, -0.25) is 4.79 Å². The number of carbonyl (C=O) groups is 1. The van der Waals surface area contributed by atoms with Gasteiger partial charge in [0, 0.05) is 5.39 Å². The molecule has 0 saturated carbocycles. The molecule has 0 radical (unpaired) electrons. The molecule has 5 heteroatoms. The van der Waals surface area contributed by atoms with Crippen molar-refractivity contribution in [3.8, 4) is 5.75 Å². The molecule has 1 atom stereocenters. The summed E-state index contributed by atoms with van der Waals surface area (Å²) in [5.74, 6) is 1.48. The smallest absolute Gasteiger partial charge is 0.308 e. The normalized spacial score (nSPS) is 14.5. The van der Waals surface area contributed by atoms with Crippen molar-refractivity contribution in [2.24, 2.45) is 5.92 Å². The first-order chi connectivity index (χ1) is 13.1. The summed E-state index contributed by atoms with van der Waals surface area (Å²) in [5, 5.41) is 1.06. The molecule has 2 aromatic carbocycles. The highest BCUT2D eigenvalue weighted by Gasteiger charge is 2.19. The van der Waals surface area contributed by atoms with Gasteiger partial charge in [0.15, 0.2) is 0 Å². The Bertz CT molecular complexity index is 962. The average Bonchev–Trinajstić information content (AvgIpc) is 3.09. The van der Waals surface area contributed by atoms with Crippen LogP contribution in [0.3, 0.4) is 0 Å². The lowest BCUT2D eigenvalue weighted by Crippen LogP contribution is -2.31. The van der Waals surface area contributed by atoms with Gasteiger partial charge in [-0.25, -0.2) is 0 Å². The quantitative estimate of drug-likeness (QED) is 0.635. The zero-order valence-electron chi connectivity index (χ0n) is 15.6. The van der Waals surface area contributed by atoms with Crippen LogP contribution in [0.15, 0.2) is 52.9 Å². The molecular weight excluding hydrogens is 342 g/mol. The maximum atomic E-state index is 11.6.